The molecule has 6 nitrogen and oxygen atoms in total. The zero-order chi connectivity index (χ0) is 25.4. The van der Waals surface area contributed by atoms with Crippen LogP contribution in [0.3, 0.4) is 0 Å². The Kier molecular flexibility index (Phi) is 6.47. The molecule has 0 amide bonds. The van der Waals surface area contributed by atoms with Crippen molar-refractivity contribution >= 4 is 11.9 Å². The zero-order valence-corrected chi connectivity index (χ0v) is 20.3. The van der Waals surface area contributed by atoms with Gasteiger partial charge in [0.2, 0.25) is 0 Å². The second kappa shape index (κ2) is 9.72. The number of methoxy groups -OCH3 is 1. The van der Waals surface area contributed by atoms with E-state index in [4.69, 9.17) is 9.57 Å². The number of benzene rings is 2. The standard InChI is InChI=1S/C27H27F3N4O2/c1-16-14-33(15-31-16)23-7-6-18(11-25(23)35-3)10-19-5-4-8-34-24(9-17(2)36-32-27(19)34)20-12-21(28)26(30)22(29)13-20/h6-7,10-15,17,24H,4-5,8-9H2,1-3H3/b19-10+/t17?,24-/m1/s1. The number of halogens is 3. The topological polar surface area (TPSA) is 51.9 Å². The number of rotatable bonds is 4. The molecule has 1 aromatic heterocycles. The smallest absolute Gasteiger partial charge is 0.194 e. The molecule has 0 saturated carbocycles. The molecule has 36 heavy (non-hydrogen) atoms. The molecule has 5 rings (SSSR count). The van der Waals surface area contributed by atoms with Crippen LogP contribution in [0.2, 0.25) is 0 Å². The summed E-state index contributed by atoms with van der Waals surface area (Å²) in [5.41, 5.74) is 3.99. The summed E-state index contributed by atoms with van der Waals surface area (Å²) in [6.07, 6.45) is 7.45. The predicted octanol–water partition coefficient (Wildman–Crippen LogP) is 5.95. The van der Waals surface area contributed by atoms with E-state index >= 15 is 0 Å². The largest absolute Gasteiger partial charge is 0.495 e. The minimum absolute atomic E-state index is 0.288. The van der Waals surface area contributed by atoms with Gasteiger partial charge in [-0.2, -0.15) is 0 Å². The molecule has 1 unspecified atom stereocenters. The van der Waals surface area contributed by atoms with Crippen LogP contribution in [0.25, 0.3) is 11.8 Å². The monoisotopic (exact) mass is 496 g/mol. The van der Waals surface area contributed by atoms with Crippen LogP contribution in [0.15, 0.2) is 53.6 Å². The van der Waals surface area contributed by atoms with E-state index in [9.17, 15) is 13.2 Å². The van der Waals surface area contributed by atoms with Gasteiger partial charge in [-0.3, -0.25) is 0 Å². The Morgan fingerprint density at radius 2 is 1.92 bits per heavy atom. The number of nitrogens with zero attached hydrogens (tertiary/aromatic N) is 4. The van der Waals surface area contributed by atoms with Gasteiger partial charge in [-0.25, -0.2) is 18.2 Å². The number of imidazole rings is 1. The molecule has 0 aliphatic carbocycles. The quantitative estimate of drug-likeness (QED) is 0.419. The van der Waals surface area contributed by atoms with Gasteiger partial charge in [-0.05, 0) is 73.7 Å². The fourth-order valence-electron chi connectivity index (χ4n) is 4.85. The van der Waals surface area contributed by atoms with Crippen molar-refractivity contribution in [3.63, 3.8) is 0 Å². The molecule has 2 aliphatic heterocycles. The molecule has 2 atom stereocenters. The lowest BCUT2D eigenvalue weighted by atomic mass is 9.93. The van der Waals surface area contributed by atoms with Crippen LogP contribution in [0, 0.1) is 24.4 Å². The van der Waals surface area contributed by atoms with E-state index in [1.807, 2.05) is 53.8 Å². The molecule has 0 bridgehead atoms. The summed E-state index contributed by atoms with van der Waals surface area (Å²) in [4.78, 5) is 12.0. The number of amidine groups is 1. The summed E-state index contributed by atoms with van der Waals surface area (Å²) in [6, 6.07) is 7.63. The van der Waals surface area contributed by atoms with E-state index in [2.05, 4.69) is 10.1 Å². The van der Waals surface area contributed by atoms with E-state index in [0.717, 1.165) is 47.5 Å². The van der Waals surface area contributed by atoms with Crippen molar-refractivity contribution < 1.29 is 22.7 Å². The first-order chi connectivity index (χ1) is 17.3. The van der Waals surface area contributed by atoms with Gasteiger partial charge in [-0.15, -0.1) is 0 Å². The van der Waals surface area contributed by atoms with Crippen molar-refractivity contribution in [2.24, 2.45) is 5.16 Å². The minimum Gasteiger partial charge on any atom is -0.495 e. The van der Waals surface area contributed by atoms with Gasteiger partial charge in [0.15, 0.2) is 23.3 Å². The molecule has 9 heteroatoms. The molecule has 0 radical (unpaired) electrons. The molecule has 1 fully saturated rings. The summed E-state index contributed by atoms with van der Waals surface area (Å²) in [5.74, 6) is -2.55. The number of fused-ring (bicyclic) bond motifs is 1. The number of piperidine rings is 1. The molecule has 1 saturated heterocycles. The number of aryl methyl sites for hydroxylation is 1. The molecule has 2 aromatic carbocycles. The van der Waals surface area contributed by atoms with E-state index < -0.39 is 23.5 Å². The highest BCUT2D eigenvalue weighted by molar-refractivity contribution is 6.02. The Balaban J connectivity index is 1.51. The van der Waals surface area contributed by atoms with Gasteiger partial charge < -0.3 is 19.0 Å². The van der Waals surface area contributed by atoms with Gasteiger partial charge in [0.25, 0.3) is 0 Å². The van der Waals surface area contributed by atoms with Gasteiger partial charge in [-0.1, -0.05) is 11.2 Å². The Labute approximate surface area is 207 Å². The summed E-state index contributed by atoms with van der Waals surface area (Å²) >= 11 is 0. The van der Waals surface area contributed by atoms with Crippen molar-refractivity contribution in [1.29, 1.82) is 0 Å². The van der Waals surface area contributed by atoms with E-state index in [1.54, 1.807) is 13.4 Å². The summed E-state index contributed by atoms with van der Waals surface area (Å²) < 4.78 is 49.4. The van der Waals surface area contributed by atoms with Crippen LogP contribution in [-0.2, 0) is 4.84 Å². The van der Waals surface area contributed by atoms with Crippen molar-refractivity contribution in [2.45, 2.75) is 45.3 Å². The first-order valence-corrected chi connectivity index (χ1v) is 11.9. The fraction of sp³-hybridized carbons (Fsp3) is 0.333. The third-order valence-corrected chi connectivity index (χ3v) is 6.58. The second-order valence-electron chi connectivity index (χ2n) is 9.20. The van der Waals surface area contributed by atoms with Crippen molar-refractivity contribution in [2.75, 3.05) is 13.7 Å². The van der Waals surface area contributed by atoms with Gasteiger partial charge in [0, 0.05) is 19.2 Å². The van der Waals surface area contributed by atoms with Gasteiger partial charge >= 0.3 is 0 Å². The van der Waals surface area contributed by atoms with Crippen molar-refractivity contribution in [3.8, 4) is 11.4 Å². The molecule has 2 aliphatic rings. The lowest BCUT2D eigenvalue weighted by Crippen LogP contribution is -2.39. The average molecular weight is 497 g/mol. The molecule has 188 valence electrons. The minimum atomic E-state index is -1.46. The number of oxime groups is 1. The molecule has 0 spiro atoms. The highest BCUT2D eigenvalue weighted by Crippen LogP contribution is 2.36. The summed E-state index contributed by atoms with van der Waals surface area (Å²) in [7, 11) is 1.62. The third kappa shape index (κ3) is 4.57. The number of hydrogen-bond acceptors (Lipinski definition) is 5. The lowest BCUT2D eigenvalue weighted by Gasteiger charge is -2.37. The average Bonchev–Trinajstić information content (AvgIpc) is 3.22. The molecule has 3 heterocycles. The number of ether oxygens (including phenoxy) is 1. The van der Waals surface area contributed by atoms with Crippen molar-refractivity contribution in [1.82, 2.24) is 14.5 Å². The predicted molar refractivity (Wildman–Crippen MR) is 130 cm³/mol. The Hall–Kier alpha value is -3.75. The van der Waals surface area contributed by atoms with Crippen LogP contribution in [0.5, 0.6) is 5.75 Å². The van der Waals surface area contributed by atoms with E-state index in [1.165, 1.54) is 0 Å². The Bertz CT molecular complexity index is 1330. The normalized spacial score (nSPS) is 21.0. The Morgan fingerprint density at radius 3 is 2.61 bits per heavy atom. The van der Waals surface area contributed by atoms with E-state index in [0.29, 0.717) is 30.1 Å². The highest BCUT2D eigenvalue weighted by Gasteiger charge is 2.34. The number of aromatic nitrogens is 2. The van der Waals surface area contributed by atoms with Crippen LogP contribution >= 0.6 is 0 Å². The summed E-state index contributed by atoms with van der Waals surface area (Å²) in [5, 5.41) is 4.42. The number of hydrogen-bond donors (Lipinski definition) is 0. The Morgan fingerprint density at radius 1 is 1.14 bits per heavy atom. The summed E-state index contributed by atoms with van der Waals surface area (Å²) in [6.45, 7) is 4.42. The maximum Gasteiger partial charge on any atom is 0.194 e. The maximum absolute atomic E-state index is 14.1. The highest BCUT2D eigenvalue weighted by atomic mass is 19.2. The second-order valence-corrected chi connectivity index (χ2v) is 9.20. The van der Waals surface area contributed by atoms with Crippen LogP contribution in [-0.4, -0.2) is 40.0 Å². The van der Waals surface area contributed by atoms with Gasteiger partial charge in [0.1, 0.15) is 11.9 Å². The van der Waals surface area contributed by atoms with Crippen molar-refractivity contribution in [3.05, 3.63) is 82.7 Å². The third-order valence-electron chi connectivity index (χ3n) is 6.58. The molecule has 0 N–H and O–H groups in total. The van der Waals surface area contributed by atoms with Crippen LogP contribution in [0.1, 0.15) is 49.0 Å². The zero-order valence-electron chi connectivity index (χ0n) is 20.3. The molecule has 3 aromatic rings. The first-order valence-electron chi connectivity index (χ1n) is 11.9. The first kappa shape index (κ1) is 24.0. The molecular weight excluding hydrogens is 469 g/mol. The van der Waals surface area contributed by atoms with Crippen LogP contribution in [0.4, 0.5) is 13.2 Å². The van der Waals surface area contributed by atoms with Crippen LogP contribution < -0.4 is 4.74 Å². The van der Waals surface area contributed by atoms with E-state index in [-0.39, 0.29) is 6.10 Å². The fourth-order valence-corrected chi connectivity index (χ4v) is 4.85. The molecular formula is C27H27F3N4O2. The SMILES string of the molecule is COc1cc(/C=C2\CCCN3C2=NOC(C)C[C@@H]3c2cc(F)c(F)c(F)c2)ccc1-n1cnc(C)c1. The lowest BCUT2D eigenvalue weighted by molar-refractivity contribution is 0.0642. The van der Waals surface area contributed by atoms with Gasteiger partial charge in [0.05, 0.1) is 30.9 Å². The maximum atomic E-state index is 14.1.